The molecule has 7 aliphatic rings. The minimum absolute atomic E-state index is 0.599. The minimum atomic E-state index is 0.599. The number of nitriles is 1. The third kappa shape index (κ3) is 31.1. The number of ether oxygens (including phenoxy) is 1. The number of aryl methyl sites for hydroxylation is 1. The van der Waals surface area contributed by atoms with Crippen LogP contribution in [0.1, 0.15) is 69.2 Å². The topological polar surface area (TPSA) is 36.3 Å². The summed E-state index contributed by atoms with van der Waals surface area (Å²) in [6, 6.07) is 19.8. The zero-order valence-electron chi connectivity index (χ0n) is 52.0. The highest BCUT2D eigenvalue weighted by atomic mass is 35.5. The van der Waals surface area contributed by atoms with Crippen molar-refractivity contribution in [2.45, 2.75) is 70.8 Å². The number of hydrogen-bond acceptors (Lipinski definition) is 27. The first-order chi connectivity index (χ1) is 44.4. The fraction of sp³-hybridized carbons (Fsp3) is 0.413. The molecule has 0 bridgehead atoms. The molecule has 1 saturated heterocycles. The third-order valence-corrected chi connectivity index (χ3v) is 40.2. The number of thioether (sulfide) groups is 19. The molecule has 2 aromatic rings. The summed E-state index contributed by atoms with van der Waals surface area (Å²) >= 11 is 63.3. The Morgan fingerprint density at radius 3 is 1.07 bits per heavy atom. The molecule has 0 aliphatic carbocycles. The third-order valence-electron chi connectivity index (χ3n) is 12.3. The van der Waals surface area contributed by atoms with E-state index in [0.717, 1.165) is 65.7 Å². The van der Waals surface area contributed by atoms with Crippen LogP contribution in [-0.2, 0) is 28.5 Å². The van der Waals surface area contributed by atoms with E-state index in [-0.39, 0.29) is 0 Å². The van der Waals surface area contributed by atoms with Crippen molar-refractivity contribution in [3.63, 3.8) is 0 Å². The smallest absolute Gasteiger partial charge is 0.0663 e. The standard InChI is InChI=1S/C30H30S16.C14H15NS8.C9H11Cl.C6H15N.C4H8O/c1-34-27-28(35-2)44-24(43-27)11-9-23-41-21(14-33)26(42-23)37-15-17-4-6-18(7-5-17)16-38-30-29(36-3)45-25(46-30)10-8-22-39-19(12-31)20(13-32)40-22;1-18-13-14(19-6-2-5-15)23-12(22-13)4-3-11-20-9(7-16)10(8-17)21-11;1-2-8-3-5-9(7-10)6-4-8;1-4-7(5-2)6-3;1-2-4-5-3-1/h4-11,31-33H,12-16H2,1-3H3;3-4,16-17H,2,6-8H2,1H3;3-6H,2,7H2,1H3;4-6H2,1-3H3;1-4H2. The Morgan fingerprint density at radius 1 is 0.440 bits per heavy atom. The second-order valence-corrected chi connectivity index (χ2v) is 42.9. The molecule has 0 radical (unpaired) electrons. The molecule has 91 heavy (non-hydrogen) atoms. The molecule has 7 aliphatic heterocycles. The molecule has 0 unspecified atom stereocenters. The maximum atomic E-state index is 8.67. The predicted octanol–water partition coefficient (Wildman–Crippen LogP) is 26.9. The number of rotatable bonds is 26. The first-order valence-corrected chi connectivity index (χ1v) is 50.0. The average molecular weight is 1690 g/mol. The molecule has 0 spiro atoms. The van der Waals surface area contributed by atoms with Gasteiger partial charge in [0.25, 0.3) is 0 Å². The van der Waals surface area contributed by atoms with Crippen LogP contribution >= 0.6 is 298 Å². The van der Waals surface area contributed by atoms with Crippen LogP contribution in [0.2, 0.25) is 0 Å². The Morgan fingerprint density at radius 2 is 0.747 bits per heavy atom. The quantitative estimate of drug-likeness (QED) is 0.0352. The van der Waals surface area contributed by atoms with Crippen molar-refractivity contribution in [2.75, 3.05) is 92.4 Å². The van der Waals surface area contributed by atoms with Crippen LogP contribution in [0.4, 0.5) is 0 Å². The lowest BCUT2D eigenvalue weighted by Gasteiger charge is -2.13. The van der Waals surface area contributed by atoms with E-state index < -0.39 is 0 Å². The summed E-state index contributed by atoms with van der Waals surface area (Å²) in [4.78, 5) is 9.05. The minimum Gasteiger partial charge on any atom is -0.381 e. The van der Waals surface area contributed by atoms with E-state index in [4.69, 9.17) is 21.6 Å². The van der Waals surface area contributed by atoms with Crippen LogP contribution < -0.4 is 0 Å². The molecule has 0 N–H and O–H groups in total. The van der Waals surface area contributed by atoms with E-state index >= 15 is 0 Å². The van der Waals surface area contributed by atoms with Crippen molar-refractivity contribution in [3.8, 4) is 6.07 Å². The molecule has 498 valence electrons. The van der Waals surface area contributed by atoms with Crippen molar-refractivity contribution < 1.29 is 4.74 Å². The van der Waals surface area contributed by atoms with Gasteiger partial charge >= 0.3 is 0 Å². The van der Waals surface area contributed by atoms with Crippen LogP contribution in [0.3, 0.4) is 0 Å². The van der Waals surface area contributed by atoms with Gasteiger partial charge in [-0.1, -0.05) is 217 Å². The normalized spacial score (nSPS) is 18.7. The van der Waals surface area contributed by atoms with E-state index in [1.165, 1.54) is 134 Å². The van der Waals surface area contributed by atoms with E-state index in [0.29, 0.717) is 12.3 Å². The summed E-state index contributed by atoms with van der Waals surface area (Å²) < 4.78 is 22.6. The molecule has 9 rings (SSSR count). The van der Waals surface area contributed by atoms with E-state index in [1.807, 2.05) is 176 Å². The molecule has 0 amide bonds. The molecule has 0 aromatic heterocycles. The van der Waals surface area contributed by atoms with Gasteiger partial charge in [-0.3, -0.25) is 0 Å². The Labute approximate surface area is 659 Å². The lowest BCUT2D eigenvalue weighted by Crippen LogP contribution is -2.21. The number of alkyl halides is 1. The second kappa shape index (κ2) is 50.7. The molecule has 0 atom stereocenters. The van der Waals surface area contributed by atoms with Gasteiger partial charge in [-0.2, -0.15) is 68.4 Å². The van der Waals surface area contributed by atoms with Gasteiger partial charge in [-0.05, 0) is 123 Å². The molecule has 28 heteroatoms. The molecule has 1 fully saturated rings. The number of nitrogens with zero attached hydrogens (tertiary/aromatic N) is 2. The van der Waals surface area contributed by atoms with E-state index in [1.54, 1.807) is 47.0 Å². The number of allylic oxidation sites excluding steroid dienone is 6. The number of hydrogen-bond donors (Lipinski definition) is 5. The van der Waals surface area contributed by atoms with Gasteiger partial charge in [0.2, 0.25) is 0 Å². The lowest BCUT2D eigenvalue weighted by molar-refractivity contribution is 0.198. The van der Waals surface area contributed by atoms with Crippen LogP contribution in [0.15, 0.2) is 165 Å². The Balaban J connectivity index is 0.000000272. The molecular weight excluding hydrogens is 1610 g/mol. The summed E-state index contributed by atoms with van der Waals surface area (Å²) in [6.45, 7) is 14.3. The number of thiol groups is 5. The van der Waals surface area contributed by atoms with Gasteiger partial charge in [0, 0.05) is 105 Å². The van der Waals surface area contributed by atoms with Crippen LogP contribution in [0.25, 0.3) is 0 Å². The predicted molar refractivity (Wildman–Crippen MR) is 476 cm³/mol. The summed E-state index contributed by atoms with van der Waals surface area (Å²) in [7, 11) is 0. The number of benzene rings is 2. The fourth-order valence-electron chi connectivity index (χ4n) is 7.39. The Kier molecular flexibility index (Phi) is 47.4. The van der Waals surface area contributed by atoms with Crippen molar-refractivity contribution >= 4 is 298 Å². The Hall–Kier alpha value is 3.42. The van der Waals surface area contributed by atoms with Gasteiger partial charge in [0.1, 0.15) is 0 Å². The van der Waals surface area contributed by atoms with Crippen molar-refractivity contribution in [3.05, 3.63) is 187 Å². The molecule has 7 heterocycles. The van der Waals surface area contributed by atoms with Gasteiger partial charge in [0.05, 0.1) is 52.7 Å². The van der Waals surface area contributed by atoms with Gasteiger partial charge in [-0.25, -0.2) is 0 Å². The summed E-state index contributed by atoms with van der Waals surface area (Å²) in [5.41, 5.74) is 5.29. The molecule has 2 aromatic carbocycles. The first kappa shape index (κ1) is 85.1. The Bertz CT molecular complexity index is 2870. The fourth-order valence-corrected chi connectivity index (χ4v) is 33.7. The van der Waals surface area contributed by atoms with E-state index in [2.05, 4.69) is 212 Å². The lowest BCUT2D eigenvalue weighted by atomic mass is 10.1. The summed E-state index contributed by atoms with van der Waals surface area (Å²) in [5, 5.41) is 8.67. The van der Waals surface area contributed by atoms with Crippen molar-refractivity contribution in [1.82, 2.24) is 4.90 Å². The highest BCUT2D eigenvalue weighted by Gasteiger charge is 2.26. The van der Waals surface area contributed by atoms with Gasteiger partial charge < -0.3 is 9.64 Å². The first-order valence-electron chi connectivity index (χ1n) is 28.7. The van der Waals surface area contributed by atoms with Crippen molar-refractivity contribution in [1.29, 1.82) is 5.26 Å². The van der Waals surface area contributed by atoms with Gasteiger partial charge in [0.15, 0.2) is 0 Å². The van der Waals surface area contributed by atoms with Crippen LogP contribution in [0, 0.1) is 11.3 Å². The molecular formula is C63H79ClN2OS24. The maximum absolute atomic E-state index is 8.67. The SMILES string of the molecule is C1CCOC1.CCN(CC)CC.CCc1ccc(CCl)cc1.CSC1=C(SC)SC(=CC=C2SC(CS)=C(SCc3ccc(CSC4=C(SC)SC(=CC=C5SC(CS)=C(CS)S5)S4)cc3)S2)S1.CSC1=C(SCCC#N)SC(=CC=C2SC(CS)=C(CS)S2)S1. The monoisotopic (exact) mass is 1680 g/mol. The zero-order chi connectivity index (χ0) is 65.8. The maximum Gasteiger partial charge on any atom is 0.0663 e. The summed E-state index contributed by atoms with van der Waals surface area (Å²) in [5.74, 6) is 7.34. The van der Waals surface area contributed by atoms with E-state index in [9.17, 15) is 0 Å². The number of halogens is 1. The van der Waals surface area contributed by atoms with Crippen LogP contribution in [-0.4, -0.2) is 97.3 Å². The average Bonchev–Trinajstić information content (AvgIpc) is 3.30. The van der Waals surface area contributed by atoms with Crippen molar-refractivity contribution in [2.24, 2.45) is 0 Å². The molecule has 3 nitrogen and oxygen atoms in total. The highest BCUT2D eigenvalue weighted by Crippen LogP contribution is 2.61. The van der Waals surface area contributed by atoms with Gasteiger partial charge in [-0.15, -0.1) is 93.9 Å². The summed E-state index contributed by atoms with van der Waals surface area (Å²) in [6.07, 6.45) is 26.4. The zero-order valence-corrected chi connectivity index (χ0v) is 72.7. The second-order valence-electron chi connectivity index (χ2n) is 18.3. The van der Waals surface area contributed by atoms with Crippen LogP contribution in [0.5, 0.6) is 0 Å². The highest BCUT2D eigenvalue weighted by molar-refractivity contribution is 8.42. The molecule has 0 saturated carbocycles. The largest absolute Gasteiger partial charge is 0.381 e.